The first kappa shape index (κ1) is 21.0. The maximum absolute atomic E-state index is 12.9. The van der Waals surface area contributed by atoms with Gasteiger partial charge in [-0.05, 0) is 23.1 Å². The second kappa shape index (κ2) is 9.34. The van der Waals surface area contributed by atoms with Crippen LogP contribution >= 0.6 is 11.3 Å². The fourth-order valence-corrected chi connectivity index (χ4v) is 5.53. The van der Waals surface area contributed by atoms with E-state index in [0.717, 1.165) is 39.6 Å². The van der Waals surface area contributed by atoms with Gasteiger partial charge >= 0.3 is 0 Å². The number of morpholine rings is 1. The Hall–Kier alpha value is -2.84. The number of carbonyl (C=O) groups is 1. The van der Waals surface area contributed by atoms with Gasteiger partial charge in [0.1, 0.15) is 0 Å². The van der Waals surface area contributed by atoms with Crippen LogP contribution < -0.4 is 5.32 Å². The molecule has 2 aromatic carbocycles. The molecule has 1 unspecified atom stereocenters. The van der Waals surface area contributed by atoms with Gasteiger partial charge in [-0.1, -0.05) is 42.5 Å². The predicted octanol–water partition coefficient (Wildman–Crippen LogP) is 3.75. The third-order valence-corrected chi connectivity index (χ3v) is 7.01. The van der Waals surface area contributed by atoms with E-state index in [1.54, 1.807) is 0 Å². The molecule has 1 fully saturated rings. The van der Waals surface area contributed by atoms with Crippen molar-refractivity contribution in [1.82, 2.24) is 15.2 Å². The van der Waals surface area contributed by atoms with Crippen molar-refractivity contribution in [2.45, 2.75) is 12.6 Å². The van der Waals surface area contributed by atoms with Crippen LogP contribution in [0.15, 0.2) is 60.8 Å². The van der Waals surface area contributed by atoms with E-state index in [9.17, 15) is 4.79 Å². The largest absolute Gasteiger partial charge is 0.395 e. The van der Waals surface area contributed by atoms with Crippen molar-refractivity contribution in [3.63, 3.8) is 0 Å². The van der Waals surface area contributed by atoms with Gasteiger partial charge in [0.15, 0.2) is 0 Å². The third kappa shape index (κ3) is 4.12. The maximum atomic E-state index is 12.9. The number of carbonyl (C=O) groups excluding carboxylic acids is 1. The SMILES string of the molecule is O=C(NCCO)c1sc2ccccc2c1C1CN(Cc2cccc3cccnc23)CCO1. The van der Waals surface area contributed by atoms with Crippen LogP contribution in [0, 0.1) is 0 Å². The zero-order valence-electron chi connectivity index (χ0n) is 17.7. The van der Waals surface area contributed by atoms with Crippen molar-refractivity contribution < 1.29 is 14.6 Å². The number of pyridine rings is 1. The van der Waals surface area contributed by atoms with Crippen LogP contribution in [0.5, 0.6) is 0 Å². The number of aliphatic hydroxyl groups is 1. The molecule has 4 aromatic rings. The van der Waals surface area contributed by atoms with E-state index in [1.165, 1.54) is 16.9 Å². The molecule has 2 N–H and O–H groups in total. The van der Waals surface area contributed by atoms with Crippen molar-refractivity contribution in [2.75, 3.05) is 32.8 Å². The Labute approximate surface area is 190 Å². The lowest BCUT2D eigenvalue weighted by atomic mass is 10.0. The number of nitrogens with one attached hydrogen (secondary N) is 1. The molecule has 0 saturated carbocycles. The first-order valence-electron chi connectivity index (χ1n) is 10.8. The van der Waals surface area contributed by atoms with E-state index in [4.69, 9.17) is 9.84 Å². The Morgan fingerprint density at radius 2 is 2.06 bits per heavy atom. The highest BCUT2D eigenvalue weighted by molar-refractivity contribution is 7.21. The molecule has 32 heavy (non-hydrogen) atoms. The summed E-state index contributed by atoms with van der Waals surface area (Å²) in [6.45, 7) is 3.06. The number of amides is 1. The van der Waals surface area contributed by atoms with Gasteiger partial charge in [-0.3, -0.25) is 14.7 Å². The predicted molar refractivity (Wildman–Crippen MR) is 127 cm³/mol. The summed E-state index contributed by atoms with van der Waals surface area (Å²) in [4.78, 5) is 20.5. The van der Waals surface area contributed by atoms with Gasteiger partial charge in [-0.2, -0.15) is 0 Å². The molecule has 164 valence electrons. The van der Waals surface area contributed by atoms with Crippen molar-refractivity contribution in [3.8, 4) is 0 Å². The van der Waals surface area contributed by atoms with Gasteiger partial charge in [0.05, 0.1) is 29.7 Å². The molecule has 0 spiro atoms. The summed E-state index contributed by atoms with van der Waals surface area (Å²) in [6.07, 6.45) is 1.64. The molecular formula is C25H25N3O3S. The van der Waals surface area contributed by atoms with Gasteiger partial charge in [0.25, 0.3) is 5.91 Å². The molecule has 1 aliphatic heterocycles. The molecule has 5 rings (SSSR count). The van der Waals surface area contributed by atoms with Gasteiger partial charge in [0.2, 0.25) is 0 Å². The molecular weight excluding hydrogens is 422 g/mol. The summed E-state index contributed by atoms with van der Waals surface area (Å²) in [5.74, 6) is -0.158. The van der Waals surface area contributed by atoms with Crippen LogP contribution in [-0.4, -0.2) is 53.7 Å². The van der Waals surface area contributed by atoms with E-state index < -0.39 is 0 Å². The van der Waals surface area contributed by atoms with E-state index in [2.05, 4.69) is 45.5 Å². The molecule has 1 atom stereocenters. The normalized spacial score (nSPS) is 17.1. The zero-order chi connectivity index (χ0) is 21.9. The first-order valence-corrected chi connectivity index (χ1v) is 11.6. The Morgan fingerprint density at radius 1 is 1.19 bits per heavy atom. The summed E-state index contributed by atoms with van der Waals surface area (Å²) in [5.41, 5.74) is 3.17. The molecule has 6 nitrogen and oxygen atoms in total. The van der Waals surface area contributed by atoms with Crippen LogP contribution in [0.4, 0.5) is 0 Å². The number of thiophene rings is 1. The van der Waals surface area contributed by atoms with Gasteiger partial charge in [-0.15, -0.1) is 11.3 Å². The second-order valence-corrected chi connectivity index (χ2v) is 8.96. The van der Waals surface area contributed by atoms with Crippen LogP contribution in [0.25, 0.3) is 21.0 Å². The average Bonchev–Trinajstić information content (AvgIpc) is 3.23. The van der Waals surface area contributed by atoms with Gasteiger partial charge in [0, 0.05) is 48.0 Å². The summed E-state index contributed by atoms with van der Waals surface area (Å²) >= 11 is 1.48. The summed E-state index contributed by atoms with van der Waals surface area (Å²) in [7, 11) is 0. The standard InChI is InChI=1S/C25H25N3O3S/c29-13-11-27-25(30)24-22(19-8-1-2-9-21(19)32-24)20-16-28(12-14-31-20)15-18-6-3-5-17-7-4-10-26-23(17)18/h1-10,20,29H,11-16H2,(H,27,30). The van der Waals surface area contributed by atoms with Crippen LogP contribution in [-0.2, 0) is 11.3 Å². The smallest absolute Gasteiger partial charge is 0.261 e. The number of hydrogen-bond acceptors (Lipinski definition) is 6. The zero-order valence-corrected chi connectivity index (χ0v) is 18.5. The van der Waals surface area contributed by atoms with Gasteiger partial charge in [-0.25, -0.2) is 0 Å². The van der Waals surface area contributed by atoms with Crippen molar-refractivity contribution in [3.05, 3.63) is 76.8 Å². The molecule has 1 aliphatic rings. The van der Waals surface area contributed by atoms with E-state index in [-0.39, 0.29) is 25.2 Å². The quantitative estimate of drug-likeness (QED) is 0.471. The van der Waals surface area contributed by atoms with E-state index in [0.29, 0.717) is 18.0 Å². The summed E-state index contributed by atoms with van der Waals surface area (Å²) in [6, 6.07) is 18.4. The Bertz CT molecular complexity index is 1250. The van der Waals surface area contributed by atoms with Crippen molar-refractivity contribution in [1.29, 1.82) is 0 Å². The van der Waals surface area contributed by atoms with Crippen molar-refractivity contribution in [2.24, 2.45) is 0 Å². The molecule has 1 saturated heterocycles. The Morgan fingerprint density at radius 3 is 2.97 bits per heavy atom. The minimum Gasteiger partial charge on any atom is -0.395 e. The van der Waals surface area contributed by atoms with E-state index >= 15 is 0 Å². The molecule has 1 amide bonds. The van der Waals surface area contributed by atoms with Gasteiger partial charge < -0.3 is 15.2 Å². The summed E-state index contributed by atoms with van der Waals surface area (Å²) in [5, 5.41) is 14.1. The number of aromatic nitrogens is 1. The molecule has 0 radical (unpaired) electrons. The molecule has 0 bridgehead atoms. The number of nitrogens with zero attached hydrogens (tertiary/aromatic N) is 2. The number of benzene rings is 2. The third-order valence-electron chi connectivity index (χ3n) is 5.82. The number of hydrogen-bond donors (Lipinski definition) is 2. The monoisotopic (exact) mass is 447 g/mol. The highest BCUT2D eigenvalue weighted by Gasteiger charge is 2.29. The average molecular weight is 448 g/mol. The lowest BCUT2D eigenvalue weighted by molar-refractivity contribution is -0.0322. The number of ether oxygens (including phenoxy) is 1. The van der Waals surface area contributed by atoms with E-state index in [1.807, 2.05) is 30.5 Å². The first-order chi connectivity index (χ1) is 15.7. The maximum Gasteiger partial charge on any atom is 0.261 e. The highest BCUT2D eigenvalue weighted by Crippen LogP contribution is 2.38. The van der Waals surface area contributed by atoms with Crippen LogP contribution in [0.3, 0.4) is 0 Å². The Kier molecular flexibility index (Phi) is 6.14. The number of aliphatic hydroxyl groups excluding tert-OH is 1. The second-order valence-electron chi connectivity index (χ2n) is 7.91. The number of para-hydroxylation sites is 1. The lowest BCUT2D eigenvalue weighted by Crippen LogP contribution is -2.38. The fraction of sp³-hybridized carbons (Fsp3) is 0.280. The molecule has 7 heteroatoms. The lowest BCUT2D eigenvalue weighted by Gasteiger charge is -2.33. The summed E-state index contributed by atoms with van der Waals surface area (Å²) < 4.78 is 7.27. The molecule has 2 aromatic heterocycles. The number of rotatable bonds is 6. The molecule has 0 aliphatic carbocycles. The van der Waals surface area contributed by atoms with Crippen LogP contribution in [0.1, 0.15) is 26.9 Å². The topological polar surface area (TPSA) is 74.7 Å². The van der Waals surface area contributed by atoms with Crippen molar-refractivity contribution >= 4 is 38.2 Å². The Balaban J connectivity index is 1.44. The fourth-order valence-electron chi connectivity index (χ4n) is 4.36. The van der Waals surface area contributed by atoms with Crippen LogP contribution in [0.2, 0.25) is 0 Å². The minimum absolute atomic E-state index is 0.0846. The minimum atomic E-state index is -0.197. The molecule has 3 heterocycles. The highest BCUT2D eigenvalue weighted by atomic mass is 32.1. The number of fused-ring (bicyclic) bond motifs is 2.